The van der Waals surface area contributed by atoms with E-state index in [1.807, 2.05) is 0 Å². The summed E-state index contributed by atoms with van der Waals surface area (Å²) in [7, 11) is -2.15. The van der Waals surface area contributed by atoms with E-state index in [4.69, 9.17) is 14.2 Å². The van der Waals surface area contributed by atoms with Crippen molar-refractivity contribution >= 4 is 44.5 Å². The average Bonchev–Trinajstić information content (AvgIpc) is 3.33. The Morgan fingerprint density at radius 1 is 1.19 bits per heavy atom. The molecule has 186 valence electrons. The molecular weight excluding hydrogens is 508 g/mol. The van der Waals surface area contributed by atoms with E-state index in [2.05, 4.69) is 14.7 Å². The van der Waals surface area contributed by atoms with Crippen molar-refractivity contribution in [3.63, 3.8) is 0 Å². The Bertz CT molecular complexity index is 1470. The first-order valence-corrected chi connectivity index (χ1v) is 12.9. The standard InChI is InChI=1S/C23H20N4O7S2/c1-4-33-19-11-14(8-9-18(19)34-21(29)15-6-5-7-17(12-15)32-2)10-16(13-24)20(28)25-22-26-23(27-35-22)36(3,30)31/h5-12H,4H2,1-3H3,(H,25,26,27,28). The number of carbonyl (C=O) groups excluding carboxylic acids is 2. The number of amides is 1. The third kappa shape index (κ3) is 6.65. The molecule has 11 nitrogen and oxygen atoms in total. The summed E-state index contributed by atoms with van der Waals surface area (Å²) in [6.07, 6.45) is 2.24. The Labute approximate surface area is 211 Å². The number of sulfone groups is 1. The summed E-state index contributed by atoms with van der Waals surface area (Å²) >= 11 is 0.671. The van der Waals surface area contributed by atoms with E-state index in [0.29, 0.717) is 22.8 Å². The van der Waals surface area contributed by atoms with Crippen molar-refractivity contribution in [2.75, 3.05) is 25.3 Å². The number of anilines is 1. The zero-order chi connectivity index (χ0) is 26.3. The third-order valence-electron chi connectivity index (χ3n) is 4.41. The summed E-state index contributed by atoms with van der Waals surface area (Å²) in [5.74, 6) is -0.562. The molecule has 0 aliphatic heterocycles. The second-order valence-corrected chi connectivity index (χ2v) is 9.70. The maximum atomic E-state index is 12.6. The van der Waals surface area contributed by atoms with Crippen molar-refractivity contribution in [2.45, 2.75) is 12.1 Å². The molecule has 0 aliphatic carbocycles. The average molecular weight is 529 g/mol. The summed E-state index contributed by atoms with van der Waals surface area (Å²) in [5, 5.41) is 11.3. The van der Waals surface area contributed by atoms with Crippen LogP contribution in [-0.2, 0) is 14.6 Å². The molecular formula is C23H20N4O7S2. The van der Waals surface area contributed by atoms with Gasteiger partial charge in [0.15, 0.2) is 11.5 Å². The number of hydrogen-bond acceptors (Lipinski definition) is 11. The Morgan fingerprint density at radius 2 is 1.97 bits per heavy atom. The van der Waals surface area contributed by atoms with Crippen LogP contribution in [0.25, 0.3) is 6.08 Å². The lowest BCUT2D eigenvalue weighted by molar-refractivity contribution is -0.112. The molecule has 2 aromatic carbocycles. The number of methoxy groups -OCH3 is 1. The molecule has 0 fully saturated rings. The number of benzene rings is 2. The summed E-state index contributed by atoms with van der Waals surface area (Å²) in [6.45, 7) is 2.01. The van der Waals surface area contributed by atoms with E-state index < -0.39 is 26.9 Å². The molecule has 1 amide bonds. The van der Waals surface area contributed by atoms with E-state index in [-0.39, 0.29) is 34.4 Å². The molecule has 0 saturated heterocycles. The van der Waals surface area contributed by atoms with Gasteiger partial charge in [0.05, 0.1) is 19.3 Å². The van der Waals surface area contributed by atoms with E-state index in [9.17, 15) is 23.3 Å². The minimum Gasteiger partial charge on any atom is -0.497 e. The highest BCUT2D eigenvalue weighted by Crippen LogP contribution is 2.30. The molecule has 0 bridgehead atoms. The highest BCUT2D eigenvalue weighted by molar-refractivity contribution is 7.90. The van der Waals surface area contributed by atoms with Crippen LogP contribution in [-0.4, -0.2) is 49.6 Å². The van der Waals surface area contributed by atoms with Gasteiger partial charge in [-0.3, -0.25) is 10.1 Å². The second-order valence-electron chi connectivity index (χ2n) is 7.04. The van der Waals surface area contributed by atoms with Crippen LogP contribution in [0, 0.1) is 11.3 Å². The lowest BCUT2D eigenvalue weighted by atomic mass is 10.1. The van der Waals surface area contributed by atoms with Gasteiger partial charge in [-0.15, -0.1) is 0 Å². The Kier molecular flexibility index (Phi) is 8.36. The fourth-order valence-corrected chi connectivity index (χ4v) is 4.21. The zero-order valence-corrected chi connectivity index (χ0v) is 21.0. The number of aromatic nitrogens is 2. The molecule has 1 aromatic heterocycles. The fourth-order valence-electron chi connectivity index (χ4n) is 2.77. The monoisotopic (exact) mass is 528 g/mol. The van der Waals surface area contributed by atoms with Gasteiger partial charge in [-0.2, -0.15) is 14.6 Å². The SMILES string of the molecule is CCOc1cc(C=C(C#N)C(=O)Nc2nc(S(C)(=O)=O)ns2)ccc1OC(=O)c1cccc(OC)c1. The van der Waals surface area contributed by atoms with Crippen LogP contribution in [0.4, 0.5) is 5.13 Å². The number of nitrogens with zero attached hydrogens (tertiary/aromatic N) is 3. The van der Waals surface area contributed by atoms with Gasteiger partial charge < -0.3 is 14.2 Å². The number of nitrogens with one attached hydrogen (secondary N) is 1. The molecule has 3 rings (SSSR count). The van der Waals surface area contributed by atoms with Gasteiger partial charge in [-0.1, -0.05) is 12.1 Å². The molecule has 36 heavy (non-hydrogen) atoms. The predicted molar refractivity (Wildman–Crippen MR) is 131 cm³/mol. The Hall–Kier alpha value is -4.28. The molecule has 0 radical (unpaired) electrons. The van der Waals surface area contributed by atoms with Crippen LogP contribution in [0.1, 0.15) is 22.8 Å². The van der Waals surface area contributed by atoms with Crippen LogP contribution in [0.3, 0.4) is 0 Å². The lowest BCUT2D eigenvalue weighted by Crippen LogP contribution is -2.13. The number of hydrogen-bond donors (Lipinski definition) is 1. The maximum Gasteiger partial charge on any atom is 0.343 e. The Balaban J connectivity index is 1.82. The van der Waals surface area contributed by atoms with E-state index in [0.717, 1.165) is 6.26 Å². The van der Waals surface area contributed by atoms with E-state index in [1.165, 1.54) is 37.5 Å². The number of nitriles is 1. The number of rotatable bonds is 9. The summed E-state index contributed by atoms with van der Waals surface area (Å²) in [6, 6.07) is 12.8. The third-order valence-corrected chi connectivity index (χ3v) is 6.00. The lowest BCUT2D eigenvalue weighted by Gasteiger charge is -2.12. The normalized spacial score (nSPS) is 11.3. The van der Waals surface area contributed by atoms with Gasteiger partial charge in [0, 0.05) is 17.8 Å². The molecule has 0 spiro atoms. The van der Waals surface area contributed by atoms with Crippen molar-refractivity contribution in [3.05, 3.63) is 59.2 Å². The van der Waals surface area contributed by atoms with Crippen LogP contribution in [0.5, 0.6) is 17.2 Å². The van der Waals surface area contributed by atoms with Crippen LogP contribution < -0.4 is 19.5 Å². The number of esters is 1. The topological polar surface area (TPSA) is 158 Å². The van der Waals surface area contributed by atoms with E-state index in [1.54, 1.807) is 31.2 Å². The van der Waals surface area contributed by atoms with Gasteiger partial charge in [0.2, 0.25) is 15.0 Å². The quantitative estimate of drug-likeness (QED) is 0.189. The van der Waals surface area contributed by atoms with Crippen LogP contribution >= 0.6 is 11.5 Å². The summed E-state index contributed by atoms with van der Waals surface area (Å²) in [5.41, 5.74) is 0.412. The molecule has 1 heterocycles. The molecule has 0 saturated carbocycles. The summed E-state index contributed by atoms with van der Waals surface area (Å²) < 4.78 is 42.9. The van der Waals surface area contributed by atoms with Gasteiger partial charge >= 0.3 is 5.97 Å². The molecule has 0 unspecified atom stereocenters. The Morgan fingerprint density at radius 3 is 2.61 bits per heavy atom. The van der Waals surface area contributed by atoms with Gasteiger partial charge in [0.25, 0.3) is 11.1 Å². The van der Waals surface area contributed by atoms with Crippen LogP contribution in [0.15, 0.2) is 53.2 Å². The molecule has 13 heteroatoms. The minimum atomic E-state index is -3.64. The van der Waals surface area contributed by atoms with Gasteiger partial charge in [-0.25, -0.2) is 13.2 Å². The molecule has 0 atom stereocenters. The van der Waals surface area contributed by atoms with Gasteiger partial charge in [0.1, 0.15) is 17.4 Å². The number of ether oxygens (including phenoxy) is 3. The van der Waals surface area contributed by atoms with Crippen molar-refractivity contribution in [1.82, 2.24) is 9.36 Å². The predicted octanol–water partition coefficient (Wildman–Crippen LogP) is 3.11. The summed E-state index contributed by atoms with van der Waals surface area (Å²) in [4.78, 5) is 28.8. The zero-order valence-electron chi connectivity index (χ0n) is 19.3. The maximum absolute atomic E-state index is 12.6. The highest BCUT2D eigenvalue weighted by atomic mass is 32.2. The molecule has 0 aliphatic rings. The fraction of sp³-hybridized carbons (Fsp3) is 0.174. The minimum absolute atomic E-state index is 0.0728. The van der Waals surface area contributed by atoms with E-state index >= 15 is 0 Å². The largest absolute Gasteiger partial charge is 0.497 e. The number of carbonyl (C=O) groups is 2. The van der Waals surface area contributed by atoms with Crippen molar-refractivity contribution in [3.8, 4) is 23.3 Å². The first kappa shape index (κ1) is 26.3. The van der Waals surface area contributed by atoms with Crippen LogP contribution in [0.2, 0.25) is 0 Å². The molecule has 1 N–H and O–H groups in total. The van der Waals surface area contributed by atoms with Crippen molar-refractivity contribution in [2.24, 2.45) is 0 Å². The smallest absolute Gasteiger partial charge is 0.343 e. The first-order chi connectivity index (χ1) is 17.1. The van der Waals surface area contributed by atoms with Crippen molar-refractivity contribution < 1.29 is 32.2 Å². The van der Waals surface area contributed by atoms with Crippen molar-refractivity contribution in [1.29, 1.82) is 5.26 Å². The highest BCUT2D eigenvalue weighted by Gasteiger charge is 2.18. The molecule has 3 aromatic rings. The second kappa shape index (κ2) is 11.4. The first-order valence-electron chi connectivity index (χ1n) is 10.2. The van der Waals surface area contributed by atoms with Gasteiger partial charge in [-0.05, 0) is 48.9 Å².